The number of alkyl halides is 3. The Balaban J connectivity index is 1.56. The molecule has 0 radical (unpaired) electrons. The van der Waals surface area contributed by atoms with Gasteiger partial charge in [0.15, 0.2) is 17.2 Å². The van der Waals surface area contributed by atoms with Gasteiger partial charge in [-0.2, -0.15) is 10.4 Å². The van der Waals surface area contributed by atoms with Gasteiger partial charge in [0, 0.05) is 29.1 Å². The minimum atomic E-state index is -3.31. The van der Waals surface area contributed by atoms with Gasteiger partial charge in [-0.05, 0) is 6.42 Å². The summed E-state index contributed by atoms with van der Waals surface area (Å²) in [7, 11) is 0. The highest BCUT2D eigenvalue weighted by molar-refractivity contribution is 6.35. The number of H-pyrrole nitrogens is 1. The molecule has 1 fully saturated rings. The van der Waals surface area contributed by atoms with Crippen LogP contribution in [0.1, 0.15) is 24.3 Å². The summed E-state index contributed by atoms with van der Waals surface area (Å²) in [6.07, 6.45) is 0.343. The standard InChI is InChI=1S/C22H14ClF4N7O2/c23-18-17(10-4-30-33-20(10)16(19(18)25)8(3-28)1-13(35)21(26)27)12-6-34-7-14(31-15(34)5-29-12)32-22(36)9-2-11(9)24/h4-9,11,21H,1-2H2,(H,30,33)(H,32,36)/t8?,9-,11+/m1/s1. The first-order valence-corrected chi connectivity index (χ1v) is 10.9. The molecule has 0 saturated heterocycles. The molecule has 4 aromatic rings. The van der Waals surface area contributed by atoms with Crippen LogP contribution in [0.3, 0.4) is 0 Å². The number of halogens is 5. The Morgan fingerprint density at radius 2 is 2.08 bits per heavy atom. The Morgan fingerprint density at radius 3 is 2.75 bits per heavy atom. The lowest BCUT2D eigenvalue weighted by Crippen LogP contribution is -2.15. The first-order valence-electron chi connectivity index (χ1n) is 10.5. The van der Waals surface area contributed by atoms with Gasteiger partial charge < -0.3 is 9.72 Å². The average Bonchev–Trinajstić information content (AvgIpc) is 3.21. The number of nitrogens with zero attached hydrogens (tertiary/aromatic N) is 5. The summed E-state index contributed by atoms with van der Waals surface area (Å²) < 4.78 is 55.6. The number of fused-ring (bicyclic) bond motifs is 2. The molecule has 0 bridgehead atoms. The second kappa shape index (κ2) is 8.87. The number of benzene rings is 1. The van der Waals surface area contributed by atoms with Crippen LogP contribution in [-0.2, 0) is 9.59 Å². The second-order valence-electron chi connectivity index (χ2n) is 8.24. The van der Waals surface area contributed by atoms with E-state index in [1.54, 1.807) is 6.07 Å². The lowest BCUT2D eigenvalue weighted by molar-refractivity contribution is -0.129. The van der Waals surface area contributed by atoms with Crippen molar-refractivity contribution in [1.29, 1.82) is 5.26 Å². The van der Waals surface area contributed by atoms with E-state index in [1.165, 1.54) is 29.2 Å². The maximum Gasteiger partial charge on any atom is 0.296 e. The van der Waals surface area contributed by atoms with Crippen molar-refractivity contribution in [2.24, 2.45) is 5.92 Å². The number of imidazole rings is 1. The van der Waals surface area contributed by atoms with E-state index in [0.29, 0.717) is 5.65 Å². The number of Topliss-reactive ketones (excluding diaryl/α,β-unsaturated/α-hetero) is 1. The summed E-state index contributed by atoms with van der Waals surface area (Å²) in [6, 6.07) is 1.68. The molecule has 1 saturated carbocycles. The van der Waals surface area contributed by atoms with Crippen LogP contribution < -0.4 is 5.32 Å². The monoisotopic (exact) mass is 519 g/mol. The molecule has 1 aromatic carbocycles. The number of hydrogen-bond donors (Lipinski definition) is 2. The SMILES string of the molecule is N#CC(CC(=O)C(F)F)c1c(F)c(Cl)c(-c2cn3cc(NC(=O)[C@@H]4C[C@@H]4F)nc3cn2)c2cn[nH]c12. The predicted octanol–water partition coefficient (Wildman–Crippen LogP) is 4.19. The van der Waals surface area contributed by atoms with Crippen molar-refractivity contribution in [1.82, 2.24) is 24.6 Å². The Kier molecular flexibility index (Phi) is 5.83. The summed E-state index contributed by atoms with van der Waals surface area (Å²) in [5.41, 5.74) is 0.244. The molecule has 36 heavy (non-hydrogen) atoms. The quantitative estimate of drug-likeness (QED) is 0.352. The zero-order chi connectivity index (χ0) is 25.7. The number of amides is 1. The lowest BCUT2D eigenvalue weighted by Gasteiger charge is -2.15. The third-order valence-electron chi connectivity index (χ3n) is 5.88. The number of aromatic amines is 1. The predicted molar refractivity (Wildman–Crippen MR) is 119 cm³/mol. The average molecular weight is 520 g/mol. The Bertz CT molecular complexity index is 1580. The molecule has 1 amide bonds. The normalized spacial score (nSPS) is 17.9. The number of hydrogen-bond acceptors (Lipinski definition) is 6. The van der Waals surface area contributed by atoms with E-state index in [9.17, 15) is 28.0 Å². The van der Waals surface area contributed by atoms with E-state index in [2.05, 4.69) is 25.5 Å². The van der Waals surface area contributed by atoms with Crippen molar-refractivity contribution in [2.45, 2.75) is 31.4 Å². The van der Waals surface area contributed by atoms with Crippen molar-refractivity contribution < 1.29 is 27.2 Å². The number of ketones is 1. The maximum absolute atomic E-state index is 15.5. The van der Waals surface area contributed by atoms with Crippen LogP contribution in [0.2, 0.25) is 5.02 Å². The Morgan fingerprint density at radius 1 is 1.33 bits per heavy atom. The number of carbonyl (C=O) groups is 2. The molecule has 0 spiro atoms. The number of nitriles is 1. The first kappa shape index (κ1) is 23.7. The molecule has 3 aromatic heterocycles. The fraction of sp³-hybridized carbons (Fsp3) is 0.273. The summed E-state index contributed by atoms with van der Waals surface area (Å²) in [5, 5.41) is 18.2. The van der Waals surface area contributed by atoms with E-state index >= 15 is 4.39 Å². The molecule has 2 N–H and O–H groups in total. The summed E-state index contributed by atoms with van der Waals surface area (Å²) in [5.74, 6) is -5.15. The molecule has 5 rings (SSSR count). The lowest BCUT2D eigenvalue weighted by atomic mass is 9.90. The minimum Gasteiger partial charge on any atom is -0.309 e. The van der Waals surface area contributed by atoms with Crippen molar-refractivity contribution in [3.05, 3.63) is 41.2 Å². The van der Waals surface area contributed by atoms with Gasteiger partial charge in [-0.1, -0.05) is 11.6 Å². The van der Waals surface area contributed by atoms with Crippen LogP contribution in [0, 0.1) is 23.1 Å². The van der Waals surface area contributed by atoms with E-state index in [4.69, 9.17) is 11.6 Å². The van der Waals surface area contributed by atoms with Crippen molar-refractivity contribution in [3.63, 3.8) is 0 Å². The topological polar surface area (TPSA) is 129 Å². The molecule has 0 aliphatic heterocycles. The highest BCUT2D eigenvalue weighted by atomic mass is 35.5. The van der Waals surface area contributed by atoms with Crippen molar-refractivity contribution >= 4 is 45.7 Å². The van der Waals surface area contributed by atoms with E-state index in [0.717, 1.165) is 0 Å². The number of rotatable bonds is 7. The molecule has 1 unspecified atom stereocenters. The Hall–Kier alpha value is -4.05. The van der Waals surface area contributed by atoms with Crippen LogP contribution in [0.5, 0.6) is 0 Å². The van der Waals surface area contributed by atoms with Gasteiger partial charge in [-0.15, -0.1) is 0 Å². The van der Waals surface area contributed by atoms with Gasteiger partial charge in [0.05, 0.1) is 52.7 Å². The number of aromatic nitrogens is 5. The zero-order valence-electron chi connectivity index (χ0n) is 18.0. The first-order chi connectivity index (χ1) is 17.2. The van der Waals surface area contributed by atoms with Crippen LogP contribution in [0.25, 0.3) is 27.8 Å². The minimum absolute atomic E-state index is 0.00575. The molecule has 1 aliphatic carbocycles. The third-order valence-corrected chi connectivity index (χ3v) is 6.23. The summed E-state index contributed by atoms with van der Waals surface area (Å²) in [4.78, 5) is 32.0. The van der Waals surface area contributed by atoms with E-state index < -0.39 is 53.4 Å². The van der Waals surface area contributed by atoms with Crippen LogP contribution in [0.4, 0.5) is 23.4 Å². The van der Waals surface area contributed by atoms with Crippen molar-refractivity contribution in [3.8, 4) is 17.3 Å². The smallest absolute Gasteiger partial charge is 0.296 e. The number of nitrogens with one attached hydrogen (secondary N) is 2. The maximum atomic E-state index is 15.5. The van der Waals surface area contributed by atoms with Gasteiger partial charge in [0.25, 0.3) is 6.43 Å². The third kappa shape index (κ3) is 4.03. The molecule has 9 nitrogen and oxygen atoms in total. The van der Waals surface area contributed by atoms with Gasteiger partial charge in [0.2, 0.25) is 5.91 Å². The van der Waals surface area contributed by atoms with Crippen molar-refractivity contribution in [2.75, 3.05) is 5.32 Å². The van der Waals surface area contributed by atoms with Crippen LogP contribution in [0.15, 0.2) is 24.8 Å². The molecule has 1 aliphatic rings. The summed E-state index contributed by atoms with van der Waals surface area (Å²) >= 11 is 6.33. The number of anilines is 1. The van der Waals surface area contributed by atoms with Gasteiger partial charge >= 0.3 is 0 Å². The fourth-order valence-electron chi connectivity index (χ4n) is 3.96. The molecule has 3 atom stereocenters. The Labute approximate surface area is 204 Å². The fourth-order valence-corrected chi connectivity index (χ4v) is 4.26. The number of carbonyl (C=O) groups excluding carboxylic acids is 2. The second-order valence-corrected chi connectivity index (χ2v) is 8.62. The van der Waals surface area contributed by atoms with E-state index in [-0.39, 0.29) is 40.0 Å². The van der Waals surface area contributed by atoms with E-state index in [1.807, 2.05) is 0 Å². The molecular weight excluding hydrogens is 506 g/mol. The molecule has 3 heterocycles. The van der Waals surface area contributed by atoms with Crippen LogP contribution in [-0.4, -0.2) is 48.9 Å². The highest BCUT2D eigenvalue weighted by Crippen LogP contribution is 2.41. The zero-order valence-corrected chi connectivity index (χ0v) is 18.7. The van der Waals surface area contributed by atoms with Crippen LogP contribution >= 0.6 is 11.6 Å². The van der Waals surface area contributed by atoms with Gasteiger partial charge in [0.1, 0.15) is 12.0 Å². The summed E-state index contributed by atoms with van der Waals surface area (Å²) in [6.45, 7) is 0. The highest BCUT2D eigenvalue weighted by Gasteiger charge is 2.43. The van der Waals surface area contributed by atoms with Gasteiger partial charge in [-0.25, -0.2) is 22.5 Å². The largest absolute Gasteiger partial charge is 0.309 e. The van der Waals surface area contributed by atoms with Gasteiger partial charge in [-0.3, -0.25) is 19.7 Å². The molecular formula is C22H14ClF4N7O2. The molecule has 14 heteroatoms. The molecule has 184 valence electrons.